The van der Waals surface area contributed by atoms with E-state index in [1.54, 1.807) is 4.57 Å². The molecule has 2 aromatic rings. The largest absolute Gasteiger partial charge is 0.397 e. The van der Waals surface area contributed by atoms with E-state index in [9.17, 15) is 4.79 Å². The van der Waals surface area contributed by atoms with Gasteiger partial charge in [0, 0.05) is 26.2 Å². The van der Waals surface area contributed by atoms with Gasteiger partial charge >= 0.3 is 5.69 Å². The third kappa shape index (κ3) is 2.20. The van der Waals surface area contributed by atoms with E-state index < -0.39 is 0 Å². The molecule has 1 aliphatic rings. The number of benzene rings is 1. The second-order valence-corrected chi connectivity index (χ2v) is 5.72. The Bertz CT molecular complexity index is 707. The molecule has 0 bridgehead atoms. The summed E-state index contributed by atoms with van der Waals surface area (Å²) in [5.74, 6) is 0. The second kappa shape index (κ2) is 5.47. The quantitative estimate of drug-likeness (QED) is 0.882. The van der Waals surface area contributed by atoms with E-state index in [2.05, 4.69) is 11.0 Å². The number of hydrogen-bond acceptors (Lipinski definition) is 3. The van der Waals surface area contributed by atoms with Crippen molar-refractivity contribution in [2.75, 3.05) is 23.7 Å². The molecular weight excluding hydrogens is 264 g/mol. The highest BCUT2D eigenvalue weighted by atomic mass is 16.1. The third-order valence-corrected chi connectivity index (χ3v) is 4.50. The summed E-state index contributed by atoms with van der Waals surface area (Å²) in [5.41, 5.74) is 10.1. The summed E-state index contributed by atoms with van der Waals surface area (Å²) in [6.45, 7) is 7.48. The van der Waals surface area contributed by atoms with E-state index in [4.69, 9.17) is 5.73 Å². The Morgan fingerprint density at radius 2 is 1.57 bits per heavy atom. The van der Waals surface area contributed by atoms with Crippen LogP contribution in [-0.2, 0) is 13.1 Å². The Hall–Kier alpha value is -1.91. The first-order chi connectivity index (χ1) is 10.2. The molecule has 21 heavy (non-hydrogen) atoms. The maximum atomic E-state index is 12.4. The van der Waals surface area contributed by atoms with E-state index in [-0.39, 0.29) is 5.69 Å². The summed E-state index contributed by atoms with van der Waals surface area (Å²) in [4.78, 5) is 14.8. The lowest BCUT2D eigenvalue weighted by Gasteiger charge is -2.30. The molecule has 0 saturated carbocycles. The van der Waals surface area contributed by atoms with Crippen molar-refractivity contribution in [3.63, 3.8) is 0 Å². The summed E-state index contributed by atoms with van der Waals surface area (Å²) in [5, 5.41) is 0. The molecule has 0 aliphatic carbocycles. The van der Waals surface area contributed by atoms with E-state index >= 15 is 0 Å². The first-order valence-electron chi connectivity index (χ1n) is 7.94. The molecular formula is C16H24N4O. The van der Waals surface area contributed by atoms with Crippen LogP contribution in [0.3, 0.4) is 0 Å². The Labute approximate surface area is 125 Å². The van der Waals surface area contributed by atoms with Crippen molar-refractivity contribution in [3.8, 4) is 0 Å². The number of rotatable bonds is 3. The lowest BCUT2D eigenvalue weighted by Crippen LogP contribution is -2.30. The molecule has 5 heteroatoms. The van der Waals surface area contributed by atoms with Crippen LogP contribution >= 0.6 is 0 Å². The van der Waals surface area contributed by atoms with Gasteiger partial charge in [-0.15, -0.1) is 0 Å². The van der Waals surface area contributed by atoms with Crippen molar-refractivity contribution in [3.05, 3.63) is 22.6 Å². The molecule has 1 fully saturated rings. The van der Waals surface area contributed by atoms with Gasteiger partial charge in [0.15, 0.2) is 0 Å². The average Bonchev–Trinajstić information content (AvgIpc) is 2.77. The first-order valence-corrected chi connectivity index (χ1v) is 7.94. The van der Waals surface area contributed by atoms with Crippen LogP contribution in [0.25, 0.3) is 11.0 Å². The summed E-state index contributed by atoms with van der Waals surface area (Å²) >= 11 is 0. The molecule has 0 spiro atoms. The fourth-order valence-corrected chi connectivity index (χ4v) is 3.39. The van der Waals surface area contributed by atoms with Gasteiger partial charge in [-0.2, -0.15) is 0 Å². The van der Waals surface area contributed by atoms with E-state index in [1.807, 2.05) is 24.5 Å². The molecule has 1 aliphatic heterocycles. The predicted molar refractivity (Wildman–Crippen MR) is 88.0 cm³/mol. The molecule has 0 amide bonds. The van der Waals surface area contributed by atoms with Crippen LogP contribution in [0.4, 0.5) is 11.4 Å². The van der Waals surface area contributed by atoms with E-state index in [0.717, 1.165) is 35.5 Å². The lowest BCUT2D eigenvalue weighted by molar-refractivity contribution is 0.578. The van der Waals surface area contributed by atoms with Gasteiger partial charge in [0.1, 0.15) is 0 Å². The molecule has 0 radical (unpaired) electrons. The van der Waals surface area contributed by atoms with Gasteiger partial charge in [0.2, 0.25) is 0 Å². The molecule has 0 unspecified atom stereocenters. The molecule has 3 rings (SSSR count). The molecule has 1 aromatic carbocycles. The number of imidazole rings is 1. The standard InChI is InChI=1S/C16H24N4O/c1-3-19-14-10-12(17)13(18-8-6-5-7-9-18)11-15(14)20(4-2)16(19)21/h10-11H,3-9,17H2,1-2H3. The lowest BCUT2D eigenvalue weighted by atomic mass is 10.1. The number of piperidine rings is 1. The number of aromatic nitrogens is 2. The maximum absolute atomic E-state index is 12.4. The van der Waals surface area contributed by atoms with Crippen molar-refractivity contribution in [1.82, 2.24) is 9.13 Å². The molecule has 1 aromatic heterocycles. The third-order valence-electron chi connectivity index (χ3n) is 4.50. The Kier molecular flexibility index (Phi) is 3.66. The fraction of sp³-hybridized carbons (Fsp3) is 0.562. The number of nitrogens with two attached hydrogens (primary N) is 1. The minimum atomic E-state index is 0.0604. The van der Waals surface area contributed by atoms with Crippen LogP contribution in [0.1, 0.15) is 33.1 Å². The van der Waals surface area contributed by atoms with Crippen LogP contribution in [0, 0.1) is 0 Å². The zero-order valence-electron chi connectivity index (χ0n) is 12.9. The SMILES string of the molecule is CCn1c(=O)n(CC)c2cc(N3CCCCC3)c(N)cc21. The van der Waals surface area contributed by atoms with Crippen LogP contribution in [-0.4, -0.2) is 22.2 Å². The van der Waals surface area contributed by atoms with Gasteiger partial charge in [-0.1, -0.05) is 0 Å². The van der Waals surface area contributed by atoms with Crippen molar-refractivity contribution in [2.24, 2.45) is 0 Å². The molecule has 114 valence electrons. The highest BCUT2D eigenvalue weighted by Crippen LogP contribution is 2.31. The number of anilines is 2. The minimum Gasteiger partial charge on any atom is -0.397 e. The molecule has 2 heterocycles. The summed E-state index contributed by atoms with van der Waals surface area (Å²) in [6, 6.07) is 4.07. The van der Waals surface area contributed by atoms with E-state index in [0.29, 0.717) is 13.1 Å². The molecule has 2 N–H and O–H groups in total. The average molecular weight is 288 g/mol. The van der Waals surface area contributed by atoms with Crippen LogP contribution in [0.15, 0.2) is 16.9 Å². The zero-order chi connectivity index (χ0) is 15.0. The number of nitrogens with zero attached hydrogens (tertiary/aromatic N) is 3. The molecule has 5 nitrogen and oxygen atoms in total. The first kappa shape index (κ1) is 14.0. The van der Waals surface area contributed by atoms with E-state index in [1.165, 1.54) is 19.3 Å². The normalized spacial score (nSPS) is 15.8. The fourth-order valence-electron chi connectivity index (χ4n) is 3.39. The Morgan fingerprint density at radius 1 is 1.00 bits per heavy atom. The molecule has 1 saturated heterocycles. The van der Waals surface area contributed by atoms with Gasteiger partial charge in [-0.3, -0.25) is 9.13 Å². The monoisotopic (exact) mass is 288 g/mol. The van der Waals surface area contributed by atoms with Gasteiger partial charge in [-0.05, 0) is 45.2 Å². The summed E-state index contributed by atoms with van der Waals surface area (Å²) in [7, 11) is 0. The van der Waals surface area contributed by atoms with Gasteiger partial charge < -0.3 is 10.6 Å². The number of hydrogen-bond donors (Lipinski definition) is 1. The summed E-state index contributed by atoms with van der Waals surface area (Å²) < 4.78 is 3.64. The van der Waals surface area contributed by atoms with Crippen molar-refractivity contribution in [1.29, 1.82) is 0 Å². The highest BCUT2D eigenvalue weighted by Gasteiger charge is 2.18. The zero-order valence-corrected chi connectivity index (χ0v) is 12.9. The van der Waals surface area contributed by atoms with Crippen molar-refractivity contribution in [2.45, 2.75) is 46.2 Å². The van der Waals surface area contributed by atoms with Gasteiger partial charge in [-0.25, -0.2) is 4.79 Å². The Balaban J connectivity index is 2.20. The maximum Gasteiger partial charge on any atom is 0.329 e. The Morgan fingerprint density at radius 3 is 2.14 bits per heavy atom. The topological polar surface area (TPSA) is 56.2 Å². The van der Waals surface area contributed by atoms with Gasteiger partial charge in [0.05, 0.1) is 22.4 Å². The summed E-state index contributed by atoms with van der Waals surface area (Å²) in [6.07, 6.45) is 3.73. The van der Waals surface area contributed by atoms with Crippen molar-refractivity contribution < 1.29 is 0 Å². The number of fused-ring (bicyclic) bond motifs is 1. The minimum absolute atomic E-state index is 0.0604. The second-order valence-electron chi connectivity index (χ2n) is 5.72. The highest BCUT2D eigenvalue weighted by molar-refractivity contribution is 5.88. The van der Waals surface area contributed by atoms with Crippen molar-refractivity contribution >= 4 is 22.4 Å². The number of aryl methyl sites for hydroxylation is 2. The van der Waals surface area contributed by atoms with Crippen LogP contribution < -0.4 is 16.3 Å². The van der Waals surface area contributed by atoms with Gasteiger partial charge in [0.25, 0.3) is 0 Å². The van der Waals surface area contributed by atoms with Crippen LogP contribution in [0.2, 0.25) is 0 Å². The number of nitrogen functional groups attached to an aromatic ring is 1. The van der Waals surface area contributed by atoms with Crippen LogP contribution in [0.5, 0.6) is 0 Å². The molecule has 0 atom stereocenters. The predicted octanol–water partition coefficient (Wildman–Crippen LogP) is 2.42. The smallest absolute Gasteiger partial charge is 0.329 e.